The van der Waals surface area contributed by atoms with Crippen molar-refractivity contribution in [1.82, 2.24) is 5.32 Å². The molecule has 0 aromatic heterocycles. The molecule has 0 fully saturated rings. The quantitative estimate of drug-likeness (QED) is 0.567. The molecule has 1 N–H and O–H groups in total. The maximum absolute atomic E-state index is 13.0. The maximum Gasteiger partial charge on any atom is 0.312 e. The number of carbonyl (C=O) groups excluding carboxylic acids is 2. The Labute approximate surface area is 195 Å². The summed E-state index contributed by atoms with van der Waals surface area (Å²) in [4.78, 5) is 25.4. The van der Waals surface area contributed by atoms with Gasteiger partial charge in [0.2, 0.25) is 0 Å². The summed E-state index contributed by atoms with van der Waals surface area (Å²) < 4.78 is 5.51. The van der Waals surface area contributed by atoms with Gasteiger partial charge in [0.25, 0.3) is 5.91 Å². The van der Waals surface area contributed by atoms with Crippen molar-refractivity contribution in [3.8, 4) is 6.07 Å². The number of amides is 1. The van der Waals surface area contributed by atoms with Crippen LogP contribution in [0.25, 0.3) is 0 Å². The predicted octanol–water partition coefficient (Wildman–Crippen LogP) is 5.41. The maximum atomic E-state index is 13.0. The van der Waals surface area contributed by atoms with Gasteiger partial charge in [-0.25, -0.2) is 0 Å². The topological polar surface area (TPSA) is 79.2 Å². The summed E-state index contributed by atoms with van der Waals surface area (Å²) in [6, 6.07) is 16.8. The molecule has 0 spiro atoms. The Hall–Kier alpha value is -2.84. The largest absolute Gasteiger partial charge is 0.449 e. The van der Waals surface area contributed by atoms with E-state index in [2.05, 4.69) is 11.4 Å². The number of benzene rings is 2. The van der Waals surface area contributed by atoms with Gasteiger partial charge in [-0.05, 0) is 83.4 Å². The average Bonchev–Trinajstić information content (AvgIpc) is 2.72. The number of hydrogen-bond donors (Lipinski definition) is 1. The van der Waals surface area contributed by atoms with Crippen LogP contribution in [-0.2, 0) is 20.7 Å². The fourth-order valence-corrected chi connectivity index (χ4v) is 3.33. The van der Waals surface area contributed by atoms with Gasteiger partial charge in [0, 0.05) is 17.0 Å². The highest BCUT2D eigenvalue weighted by atomic mass is 35.5. The number of halogens is 1. The highest BCUT2D eigenvalue weighted by Gasteiger charge is 2.37. The molecule has 6 heteroatoms. The summed E-state index contributed by atoms with van der Waals surface area (Å²) in [6.45, 7) is 10.3. The molecular formula is C26H31ClN2O3. The molecule has 0 heterocycles. The monoisotopic (exact) mass is 454 g/mol. The molecule has 5 nitrogen and oxygen atoms in total. The summed E-state index contributed by atoms with van der Waals surface area (Å²) >= 11 is 6.03. The number of carbonyl (C=O) groups is 2. The first kappa shape index (κ1) is 25.4. The van der Waals surface area contributed by atoms with E-state index < -0.39 is 17.0 Å². The van der Waals surface area contributed by atoms with Crippen LogP contribution >= 0.6 is 11.6 Å². The van der Waals surface area contributed by atoms with Crippen LogP contribution in [0.2, 0.25) is 5.02 Å². The van der Waals surface area contributed by atoms with Crippen LogP contribution < -0.4 is 5.32 Å². The molecule has 0 aliphatic carbocycles. The molecule has 0 unspecified atom stereocenters. The van der Waals surface area contributed by atoms with Crippen molar-refractivity contribution < 1.29 is 14.3 Å². The molecule has 0 aliphatic heterocycles. The Morgan fingerprint density at radius 3 is 2.28 bits per heavy atom. The molecule has 0 radical (unpaired) electrons. The van der Waals surface area contributed by atoms with Crippen LogP contribution in [0.15, 0.2) is 48.5 Å². The Morgan fingerprint density at radius 1 is 1.09 bits per heavy atom. The normalized spacial score (nSPS) is 13.6. The Morgan fingerprint density at radius 2 is 1.72 bits per heavy atom. The first-order valence-corrected chi connectivity index (χ1v) is 11.0. The molecule has 0 saturated heterocycles. The van der Waals surface area contributed by atoms with Crippen molar-refractivity contribution in [3.05, 3.63) is 70.2 Å². The van der Waals surface area contributed by atoms with E-state index in [0.29, 0.717) is 17.0 Å². The predicted molar refractivity (Wildman–Crippen MR) is 126 cm³/mol. The molecule has 2 rings (SSSR count). The summed E-state index contributed by atoms with van der Waals surface area (Å²) in [5.41, 5.74) is 0.523. The third-order valence-corrected chi connectivity index (χ3v) is 5.53. The molecule has 2 atom stereocenters. The van der Waals surface area contributed by atoms with Crippen LogP contribution in [0, 0.1) is 16.7 Å². The summed E-state index contributed by atoms with van der Waals surface area (Å²) in [7, 11) is 0. The molecule has 170 valence electrons. The molecule has 1 amide bonds. The Balaban J connectivity index is 2.28. The lowest BCUT2D eigenvalue weighted by Gasteiger charge is -2.32. The zero-order valence-corrected chi connectivity index (χ0v) is 20.3. The number of ether oxygens (including phenoxy) is 1. The summed E-state index contributed by atoms with van der Waals surface area (Å²) in [6.07, 6.45) is 0.635. The van der Waals surface area contributed by atoms with Crippen LogP contribution in [-0.4, -0.2) is 23.5 Å². The first-order chi connectivity index (χ1) is 14.8. The van der Waals surface area contributed by atoms with E-state index in [1.54, 1.807) is 40.7 Å². The lowest BCUT2D eigenvalue weighted by Crippen LogP contribution is -2.51. The number of rotatable bonds is 7. The fourth-order valence-electron chi connectivity index (χ4n) is 3.21. The van der Waals surface area contributed by atoms with Gasteiger partial charge in [-0.3, -0.25) is 9.59 Å². The zero-order chi connectivity index (χ0) is 24.1. The summed E-state index contributed by atoms with van der Waals surface area (Å²) in [5.74, 6) is -0.924. The fraction of sp³-hybridized carbons (Fsp3) is 0.423. The number of nitrogens with zero attached hydrogens (tertiary/aromatic N) is 1. The van der Waals surface area contributed by atoms with E-state index in [4.69, 9.17) is 16.3 Å². The zero-order valence-electron chi connectivity index (χ0n) is 19.5. The van der Waals surface area contributed by atoms with Crippen LogP contribution in [0.3, 0.4) is 0 Å². The van der Waals surface area contributed by atoms with Gasteiger partial charge in [-0.1, -0.05) is 35.9 Å². The van der Waals surface area contributed by atoms with Crippen molar-refractivity contribution in [2.24, 2.45) is 5.41 Å². The van der Waals surface area contributed by atoms with Crippen molar-refractivity contribution in [1.29, 1.82) is 5.26 Å². The number of hydrogen-bond acceptors (Lipinski definition) is 4. The van der Waals surface area contributed by atoms with Crippen LogP contribution in [0.5, 0.6) is 0 Å². The second-order valence-corrected chi connectivity index (χ2v) is 10.0. The number of esters is 1. The second-order valence-electron chi connectivity index (χ2n) is 9.59. The van der Waals surface area contributed by atoms with Crippen molar-refractivity contribution >= 4 is 23.5 Å². The minimum absolute atomic E-state index is 0.109. The highest BCUT2D eigenvalue weighted by Crippen LogP contribution is 2.27. The van der Waals surface area contributed by atoms with Crippen molar-refractivity contribution in [3.63, 3.8) is 0 Å². The second kappa shape index (κ2) is 10.2. The van der Waals surface area contributed by atoms with E-state index >= 15 is 0 Å². The van der Waals surface area contributed by atoms with Crippen LogP contribution in [0.1, 0.15) is 64.2 Å². The molecule has 0 aliphatic rings. The number of nitrogens with one attached hydrogen (secondary N) is 1. The molecule has 0 saturated carbocycles. The van der Waals surface area contributed by atoms with E-state index in [0.717, 1.165) is 11.1 Å². The molecule has 2 aromatic rings. The van der Waals surface area contributed by atoms with Gasteiger partial charge in [-0.15, -0.1) is 0 Å². The minimum Gasteiger partial charge on any atom is -0.449 e. The van der Waals surface area contributed by atoms with Gasteiger partial charge < -0.3 is 10.1 Å². The summed E-state index contributed by atoms with van der Waals surface area (Å²) in [5, 5.41) is 13.0. The average molecular weight is 455 g/mol. The van der Waals surface area contributed by atoms with E-state index in [-0.39, 0.29) is 17.9 Å². The van der Waals surface area contributed by atoms with E-state index in [9.17, 15) is 14.9 Å². The van der Waals surface area contributed by atoms with Crippen molar-refractivity contribution in [2.45, 2.75) is 65.5 Å². The third-order valence-electron chi connectivity index (χ3n) is 5.28. The van der Waals surface area contributed by atoms with Crippen molar-refractivity contribution in [2.75, 3.05) is 0 Å². The van der Waals surface area contributed by atoms with E-state index in [1.165, 1.54) is 0 Å². The Bertz CT molecular complexity index is 1000. The molecule has 32 heavy (non-hydrogen) atoms. The lowest BCUT2D eigenvalue weighted by molar-refractivity contribution is -0.172. The standard InChI is InChI=1S/C26H31ClN2O3/c1-17(29-23(30)26(5,6)32-24(31)25(2,3)4)22(15-18-10-12-21(27)13-11-18)20-9-7-8-19(14-20)16-28/h7-14,17,22H,15H2,1-6H3,(H,29,30)/t17-,22+/m0/s1. The molecule has 0 bridgehead atoms. The van der Waals surface area contributed by atoms with Gasteiger partial charge in [0.05, 0.1) is 17.0 Å². The minimum atomic E-state index is -1.32. The highest BCUT2D eigenvalue weighted by molar-refractivity contribution is 6.30. The third kappa shape index (κ3) is 6.83. The van der Waals surface area contributed by atoms with Gasteiger partial charge in [0.1, 0.15) is 0 Å². The smallest absolute Gasteiger partial charge is 0.312 e. The molecular weight excluding hydrogens is 424 g/mol. The van der Waals surface area contributed by atoms with Gasteiger partial charge in [-0.2, -0.15) is 5.26 Å². The van der Waals surface area contributed by atoms with Gasteiger partial charge >= 0.3 is 5.97 Å². The SMILES string of the molecule is C[C@H](NC(=O)C(C)(C)OC(=O)C(C)(C)C)[C@@H](Cc1ccc(Cl)cc1)c1cccc(C#N)c1. The molecule has 2 aromatic carbocycles. The lowest BCUT2D eigenvalue weighted by atomic mass is 9.85. The Kier molecular flexibility index (Phi) is 8.09. The first-order valence-electron chi connectivity index (χ1n) is 10.6. The van der Waals surface area contributed by atoms with E-state index in [1.807, 2.05) is 49.4 Å². The van der Waals surface area contributed by atoms with Gasteiger partial charge in [0.15, 0.2) is 5.60 Å². The number of nitriles is 1. The van der Waals surface area contributed by atoms with Crippen LogP contribution in [0.4, 0.5) is 0 Å².